The van der Waals surface area contributed by atoms with Crippen molar-refractivity contribution < 1.29 is 9.84 Å². The van der Waals surface area contributed by atoms with Gasteiger partial charge in [-0.25, -0.2) is 4.98 Å². The van der Waals surface area contributed by atoms with Crippen molar-refractivity contribution in [3.05, 3.63) is 34.7 Å². The number of ether oxygens (including phenoxy) is 1. The van der Waals surface area contributed by atoms with E-state index < -0.39 is 0 Å². The van der Waals surface area contributed by atoms with Crippen LogP contribution in [0.3, 0.4) is 0 Å². The molecule has 0 saturated heterocycles. The summed E-state index contributed by atoms with van der Waals surface area (Å²) in [6, 6.07) is 8.14. The smallest absolute Gasteiger partial charge is 0.123 e. The van der Waals surface area contributed by atoms with Crippen LogP contribution in [0, 0.1) is 5.92 Å². The van der Waals surface area contributed by atoms with Crippen LogP contribution in [0.25, 0.3) is 0 Å². The van der Waals surface area contributed by atoms with E-state index in [4.69, 9.17) is 4.74 Å². The quantitative estimate of drug-likeness (QED) is 0.741. The van der Waals surface area contributed by atoms with Crippen LogP contribution in [0.4, 0.5) is 0 Å². The van der Waals surface area contributed by atoms with Crippen molar-refractivity contribution in [3.63, 3.8) is 0 Å². The maximum Gasteiger partial charge on any atom is 0.123 e. The summed E-state index contributed by atoms with van der Waals surface area (Å²) in [6.07, 6.45) is 0. The summed E-state index contributed by atoms with van der Waals surface area (Å²) in [5.41, 5.74) is 1.21. The summed E-state index contributed by atoms with van der Waals surface area (Å²) in [4.78, 5) is 5.24. The molecule has 2 aromatic rings. The van der Waals surface area contributed by atoms with E-state index in [1.807, 2.05) is 18.2 Å². The molecule has 2 aliphatic heterocycles. The van der Waals surface area contributed by atoms with Gasteiger partial charge in [0.15, 0.2) is 0 Å². The molecule has 2 aliphatic rings. The largest absolute Gasteiger partial charge is 0.851 e. The zero-order valence-electron chi connectivity index (χ0n) is 9.46. The van der Waals surface area contributed by atoms with Crippen LogP contribution < -0.4 is 9.84 Å². The summed E-state index contributed by atoms with van der Waals surface area (Å²) in [7, 11) is 0. The fourth-order valence-corrected chi connectivity index (χ4v) is 5.04. The maximum atomic E-state index is 11.5. The Morgan fingerprint density at radius 3 is 3.17 bits per heavy atom. The van der Waals surface area contributed by atoms with Crippen molar-refractivity contribution in [1.82, 2.24) is 4.98 Å². The Morgan fingerprint density at radius 2 is 2.22 bits per heavy atom. The molecule has 3 nitrogen and oxygen atoms in total. The average Bonchev–Trinajstić information content (AvgIpc) is 2.78. The number of benzene rings is 1. The van der Waals surface area contributed by atoms with Gasteiger partial charge in [0.25, 0.3) is 0 Å². The Morgan fingerprint density at radius 1 is 1.33 bits per heavy atom. The number of rotatable bonds is 0. The molecule has 0 saturated carbocycles. The molecule has 0 amide bonds. The number of thioether (sulfide) groups is 1. The second-order valence-electron chi connectivity index (χ2n) is 4.55. The first-order valence-corrected chi connectivity index (χ1v) is 7.65. The Hall–Kier alpha value is -1.20. The van der Waals surface area contributed by atoms with Gasteiger partial charge in [0.2, 0.25) is 0 Å². The molecule has 0 fully saturated rings. The molecule has 1 aromatic carbocycles. The van der Waals surface area contributed by atoms with E-state index in [9.17, 15) is 5.11 Å². The number of aromatic nitrogens is 1. The Labute approximate surface area is 113 Å². The summed E-state index contributed by atoms with van der Waals surface area (Å²) in [6.45, 7) is 0.736. The first-order chi connectivity index (χ1) is 8.83. The molecule has 92 valence electrons. The second kappa shape index (κ2) is 3.90. The van der Waals surface area contributed by atoms with Gasteiger partial charge < -0.3 is 9.84 Å². The van der Waals surface area contributed by atoms with Crippen LogP contribution in [-0.2, 0) is 0 Å². The van der Waals surface area contributed by atoms with Crippen LogP contribution in [-0.4, -0.2) is 17.3 Å². The first kappa shape index (κ1) is 10.7. The molecule has 0 spiro atoms. The number of fused-ring (bicyclic) bond motifs is 5. The van der Waals surface area contributed by atoms with Crippen molar-refractivity contribution in [1.29, 1.82) is 0 Å². The minimum Gasteiger partial charge on any atom is -0.851 e. The van der Waals surface area contributed by atoms with E-state index in [1.165, 1.54) is 16.9 Å². The molecule has 0 unspecified atom stereocenters. The summed E-state index contributed by atoms with van der Waals surface area (Å²) < 4.78 is 5.81. The SMILES string of the molecule is [O-]c1nc2c(s1)[C@H]1c3ccccc3OC[C@@H]1CS2. The van der Waals surface area contributed by atoms with Crippen molar-refractivity contribution in [2.24, 2.45) is 5.92 Å². The number of para-hydroxylation sites is 1. The van der Waals surface area contributed by atoms with E-state index in [-0.39, 0.29) is 5.19 Å². The topological polar surface area (TPSA) is 45.2 Å². The summed E-state index contributed by atoms with van der Waals surface area (Å²) in [5, 5.41) is 12.4. The third kappa shape index (κ3) is 1.47. The van der Waals surface area contributed by atoms with Crippen molar-refractivity contribution in [2.45, 2.75) is 10.9 Å². The predicted molar refractivity (Wildman–Crippen MR) is 69.6 cm³/mol. The zero-order chi connectivity index (χ0) is 12.1. The molecular formula is C13H10NO2S2-. The highest BCUT2D eigenvalue weighted by atomic mass is 32.2. The minimum absolute atomic E-state index is 0.0721. The zero-order valence-corrected chi connectivity index (χ0v) is 11.1. The first-order valence-electron chi connectivity index (χ1n) is 5.85. The van der Waals surface area contributed by atoms with E-state index in [0.717, 1.165) is 28.0 Å². The molecule has 0 radical (unpaired) electrons. The van der Waals surface area contributed by atoms with E-state index in [0.29, 0.717) is 11.8 Å². The van der Waals surface area contributed by atoms with Crippen molar-refractivity contribution in [2.75, 3.05) is 12.4 Å². The Kier molecular flexibility index (Phi) is 2.32. The lowest BCUT2D eigenvalue weighted by molar-refractivity contribution is -0.268. The summed E-state index contributed by atoms with van der Waals surface area (Å²) in [5.74, 6) is 2.69. The lowest BCUT2D eigenvalue weighted by atomic mass is 9.84. The van der Waals surface area contributed by atoms with Gasteiger partial charge in [-0.3, -0.25) is 0 Å². The fraction of sp³-hybridized carbons (Fsp3) is 0.308. The van der Waals surface area contributed by atoms with Gasteiger partial charge >= 0.3 is 0 Å². The minimum atomic E-state index is -0.0721. The van der Waals surface area contributed by atoms with Gasteiger partial charge in [-0.1, -0.05) is 18.2 Å². The standard InChI is InChI=1S/C13H11NO2S2/c15-13-14-12-11(18-13)10-7(6-17-12)5-16-9-4-2-1-3-8(9)10/h1-4,7,10H,5-6H2,(H,14,15)/p-1/t7-,10-/m1/s1. The van der Waals surface area contributed by atoms with E-state index in [1.54, 1.807) is 11.8 Å². The average molecular weight is 276 g/mol. The molecule has 18 heavy (non-hydrogen) atoms. The number of hydrogen-bond donors (Lipinski definition) is 0. The molecule has 0 bridgehead atoms. The lowest BCUT2D eigenvalue weighted by Gasteiger charge is -2.35. The molecule has 2 atom stereocenters. The monoisotopic (exact) mass is 276 g/mol. The fourth-order valence-electron chi connectivity index (χ4n) is 2.70. The molecule has 1 aromatic heterocycles. The van der Waals surface area contributed by atoms with Crippen LogP contribution in [0.15, 0.2) is 29.3 Å². The molecule has 0 aliphatic carbocycles. The Balaban J connectivity index is 1.91. The number of hydrogen-bond acceptors (Lipinski definition) is 5. The van der Waals surface area contributed by atoms with Gasteiger partial charge in [0.1, 0.15) is 10.8 Å². The summed E-state index contributed by atoms with van der Waals surface area (Å²) >= 11 is 2.99. The molecular weight excluding hydrogens is 266 g/mol. The van der Waals surface area contributed by atoms with Crippen LogP contribution in [0.2, 0.25) is 0 Å². The normalized spacial score (nSPS) is 24.7. The van der Waals surface area contributed by atoms with Crippen LogP contribution >= 0.6 is 23.1 Å². The maximum absolute atomic E-state index is 11.5. The molecule has 3 heterocycles. The van der Waals surface area contributed by atoms with Crippen molar-refractivity contribution >= 4 is 23.1 Å². The van der Waals surface area contributed by atoms with Gasteiger partial charge in [0.05, 0.1) is 6.61 Å². The Bertz CT molecular complexity index is 611. The highest BCUT2D eigenvalue weighted by molar-refractivity contribution is 7.99. The van der Waals surface area contributed by atoms with Crippen LogP contribution in [0.1, 0.15) is 16.4 Å². The number of nitrogens with zero attached hydrogens (tertiary/aromatic N) is 1. The van der Waals surface area contributed by atoms with Crippen LogP contribution in [0.5, 0.6) is 10.9 Å². The van der Waals surface area contributed by atoms with E-state index in [2.05, 4.69) is 11.1 Å². The van der Waals surface area contributed by atoms with E-state index >= 15 is 0 Å². The lowest BCUT2D eigenvalue weighted by Crippen LogP contribution is -2.30. The van der Waals surface area contributed by atoms with Gasteiger partial charge in [-0.15, -0.1) is 23.1 Å². The molecule has 0 N–H and O–H groups in total. The predicted octanol–water partition coefficient (Wildman–Crippen LogP) is 2.46. The molecule has 5 heteroatoms. The van der Waals surface area contributed by atoms with Crippen molar-refractivity contribution in [3.8, 4) is 10.9 Å². The van der Waals surface area contributed by atoms with Gasteiger partial charge in [0, 0.05) is 33.2 Å². The third-order valence-corrected chi connectivity index (χ3v) is 5.74. The molecule has 4 rings (SSSR count). The van der Waals surface area contributed by atoms with Gasteiger partial charge in [-0.05, 0) is 6.07 Å². The van der Waals surface area contributed by atoms with Gasteiger partial charge in [-0.2, -0.15) is 0 Å². The highest BCUT2D eigenvalue weighted by Gasteiger charge is 2.38. The third-order valence-electron chi connectivity index (χ3n) is 3.50. The second-order valence-corrected chi connectivity index (χ2v) is 6.55. The number of thiazole rings is 1. The highest BCUT2D eigenvalue weighted by Crippen LogP contribution is 2.51.